The van der Waals surface area contributed by atoms with Crippen LogP contribution in [0.3, 0.4) is 0 Å². The van der Waals surface area contributed by atoms with Gasteiger partial charge in [-0.2, -0.15) is 4.68 Å². The molecule has 0 N–H and O–H groups in total. The molecule has 1 aliphatic heterocycles. The molecule has 0 amide bonds. The zero-order chi connectivity index (χ0) is 16.9. The average Bonchev–Trinajstić information content (AvgIpc) is 3.17. The molecule has 4 rings (SSSR count). The van der Waals surface area contributed by atoms with E-state index >= 15 is 0 Å². The molecule has 0 bridgehead atoms. The van der Waals surface area contributed by atoms with E-state index < -0.39 is 0 Å². The number of tetrazole rings is 1. The lowest BCUT2D eigenvalue weighted by Gasteiger charge is -2.24. The molecule has 2 aromatic carbocycles. The van der Waals surface area contributed by atoms with E-state index in [0.29, 0.717) is 5.82 Å². The van der Waals surface area contributed by atoms with Crippen molar-refractivity contribution in [2.24, 2.45) is 0 Å². The number of hydrogen-bond acceptors (Lipinski definition) is 5. The third kappa shape index (κ3) is 3.59. The Bertz CT molecular complexity index is 836. The molecular weight excluding hydrogens is 314 g/mol. The number of aromatic nitrogens is 4. The second-order valence-corrected chi connectivity index (χ2v) is 5.83. The van der Waals surface area contributed by atoms with Gasteiger partial charge in [0.1, 0.15) is 0 Å². The summed E-state index contributed by atoms with van der Waals surface area (Å²) in [5.74, 6) is 0.707. The highest BCUT2D eigenvalue weighted by Gasteiger charge is 2.08. The van der Waals surface area contributed by atoms with Gasteiger partial charge in [0.2, 0.25) is 0 Å². The molecule has 0 unspecified atom stereocenters. The van der Waals surface area contributed by atoms with Crippen molar-refractivity contribution in [3.63, 3.8) is 0 Å². The van der Waals surface area contributed by atoms with Crippen molar-refractivity contribution in [2.75, 3.05) is 26.3 Å². The first kappa shape index (κ1) is 15.5. The van der Waals surface area contributed by atoms with Crippen molar-refractivity contribution < 1.29 is 4.74 Å². The Labute approximate surface area is 146 Å². The normalized spacial score (nSPS) is 15.0. The lowest BCUT2D eigenvalue weighted by atomic mass is 10.1. The summed E-state index contributed by atoms with van der Waals surface area (Å²) >= 11 is 0. The molecular formula is C19H19N5O. The Morgan fingerprint density at radius 2 is 1.60 bits per heavy atom. The smallest absolute Gasteiger partial charge is 0.181 e. The van der Waals surface area contributed by atoms with Crippen LogP contribution >= 0.6 is 0 Å². The number of rotatable bonds is 4. The van der Waals surface area contributed by atoms with E-state index in [0.717, 1.165) is 32.0 Å². The SMILES string of the molecule is C(=CN1CCOCC1)c1nnnn1-c1ccc(-c2ccccc2)cc1. The van der Waals surface area contributed by atoms with Crippen LogP contribution in [0.1, 0.15) is 5.82 Å². The Balaban J connectivity index is 1.54. The van der Waals surface area contributed by atoms with Crippen molar-refractivity contribution >= 4 is 6.08 Å². The van der Waals surface area contributed by atoms with Crippen LogP contribution in [0.5, 0.6) is 0 Å². The lowest BCUT2D eigenvalue weighted by molar-refractivity contribution is 0.0597. The highest BCUT2D eigenvalue weighted by molar-refractivity contribution is 5.64. The van der Waals surface area contributed by atoms with Gasteiger partial charge in [-0.05, 0) is 33.7 Å². The fourth-order valence-electron chi connectivity index (χ4n) is 2.81. The number of ether oxygens (including phenoxy) is 1. The van der Waals surface area contributed by atoms with E-state index in [-0.39, 0.29) is 0 Å². The molecule has 6 heteroatoms. The van der Waals surface area contributed by atoms with Gasteiger partial charge in [-0.15, -0.1) is 5.10 Å². The fourth-order valence-corrected chi connectivity index (χ4v) is 2.81. The third-order valence-electron chi connectivity index (χ3n) is 4.19. The van der Waals surface area contributed by atoms with Crippen LogP contribution in [0.15, 0.2) is 60.8 Å². The minimum Gasteiger partial charge on any atom is -0.378 e. The number of morpholine rings is 1. The van der Waals surface area contributed by atoms with Crippen molar-refractivity contribution in [1.82, 2.24) is 25.1 Å². The van der Waals surface area contributed by atoms with Gasteiger partial charge in [0.05, 0.1) is 18.9 Å². The minimum atomic E-state index is 0.707. The molecule has 0 atom stereocenters. The Hall–Kier alpha value is -2.99. The second-order valence-electron chi connectivity index (χ2n) is 5.83. The molecule has 0 spiro atoms. The van der Waals surface area contributed by atoms with Crippen molar-refractivity contribution in [1.29, 1.82) is 0 Å². The average molecular weight is 333 g/mol. The summed E-state index contributed by atoms with van der Waals surface area (Å²) in [5.41, 5.74) is 3.30. The third-order valence-corrected chi connectivity index (χ3v) is 4.19. The van der Waals surface area contributed by atoms with Crippen LogP contribution in [0, 0.1) is 0 Å². The van der Waals surface area contributed by atoms with Crippen LogP contribution in [0.25, 0.3) is 22.9 Å². The van der Waals surface area contributed by atoms with Crippen LogP contribution < -0.4 is 0 Å². The Morgan fingerprint density at radius 1 is 0.880 bits per heavy atom. The van der Waals surface area contributed by atoms with E-state index in [1.54, 1.807) is 4.68 Å². The molecule has 6 nitrogen and oxygen atoms in total. The maximum atomic E-state index is 5.36. The maximum absolute atomic E-state index is 5.36. The molecule has 0 radical (unpaired) electrons. The summed E-state index contributed by atoms with van der Waals surface area (Å²) in [6, 6.07) is 18.5. The summed E-state index contributed by atoms with van der Waals surface area (Å²) in [6.45, 7) is 3.31. The van der Waals surface area contributed by atoms with Gasteiger partial charge >= 0.3 is 0 Å². The van der Waals surface area contributed by atoms with E-state index in [1.807, 2.05) is 42.6 Å². The molecule has 1 saturated heterocycles. The highest BCUT2D eigenvalue weighted by Crippen LogP contribution is 2.20. The largest absolute Gasteiger partial charge is 0.378 e. The summed E-state index contributed by atoms with van der Waals surface area (Å²) < 4.78 is 7.10. The maximum Gasteiger partial charge on any atom is 0.181 e. The molecule has 3 aromatic rings. The van der Waals surface area contributed by atoms with Crippen LogP contribution in [-0.4, -0.2) is 51.4 Å². The highest BCUT2D eigenvalue weighted by atomic mass is 16.5. The molecule has 1 aliphatic rings. The van der Waals surface area contributed by atoms with Gasteiger partial charge in [-0.25, -0.2) is 0 Å². The minimum absolute atomic E-state index is 0.707. The monoisotopic (exact) mass is 333 g/mol. The van der Waals surface area contributed by atoms with Crippen LogP contribution in [0.2, 0.25) is 0 Å². The van der Waals surface area contributed by atoms with Gasteiger partial charge in [0, 0.05) is 25.4 Å². The van der Waals surface area contributed by atoms with E-state index in [4.69, 9.17) is 4.74 Å². The molecule has 0 aliphatic carbocycles. The van der Waals surface area contributed by atoms with Crippen LogP contribution in [0.4, 0.5) is 0 Å². The molecule has 1 aromatic heterocycles. The topological polar surface area (TPSA) is 56.1 Å². The van der Waals surface area contributed by atoms with Gasteiger partial charge in [0.25, 0.3) is 0 Å². The van der Waals surface area contributed by atoms with Gasteiger partial charge in [-0.3, -0.25) is 0 Å². The zero-order valence-corrected chi connectivity index (χ0v) is 13.8. The van der Waals surface area contributed by atoms with Crippen molar-refractivity contribution in [3.8, 4) is 16.8 Å². The Morgan fingerprint density at radius 3 is 2.36 bits per heavy atom. The first-order chi connectivity index (χ1) is 12.4. The number of hydrogen-bond donors (Lipinski definition) is 0. The molecule has 25 heavy (non-hydrogen) atoms. The molecule has 1 fully saturated rings. The van der Waals surface area contributed by atoms with E-state index in [1.165, 1.54) is 11.1 Å². The number of nitrogens with zero attached hydrogens (tertiary/aromatic N) is 5. The quantitative estimate of drug-likeness (QED) is 0.735. The second kappa shape index (κ2) is 7.27. The molecule has 2 heterocycles. The summed E-state index contributed by atoms with van der Waals surface area (Å²) in [5, 5.41) is 12.0. The molecule has 0 saturated carbocycles. The first-order valence-corrected chi connectivity index (χ1v) is 8.34. The first-order valence-electron chi connectivity index (χ1n) is 8.34. The molecule has 126 valence electrons. The van der Waals surface area contributed by atoms with E-state index in [9.17, 15) is 0 Å². The summed E-state index contributed by atoms with van der Waals surface area (Å²) in [4.78, 5) is 2.21. The number of benzene rings is 2. The lowest BCUT2D eigenvalue weighted by Crippen LogP contribution is -2.31. The van der Waals surface area contributed by atoms with E-state index in [2.05, 4.69) is 44.7 Å². The summed E-state index contributed by atoms with van der Waals surface area (Å²) in [7, 11) is 0. The van der Waals surface area contributed by atoms with Crippen molar-refractivity contribution in [2.45, 2.75) is 0 Å². The van der Waals surface area contributed by atoms with Gasteiger partial charge in [-0.1, -0.05) is 42.5 Å². The fraction of sp³-hybridized carbons (Fsp3) is 0.211. The van der Waals surface area contributed by atoms with Gasteiger partial charge < -0.3 is 9.64 Å². The summed E-state index contributed by atoms with van der Waals surface area (Å²) in [6.07, 6.45) is 3.97. The van der Waals surface area contributed by atoms with Crippen LogP contribution in [-0.2, 0) is 4.74 Å². The van der Waals surface area contributed by atoms with Gasteiger partial charge in [0.15, 0.2) is 5.82 Å². The Kier molecular flexibility index (Phi) is 4.52. The predicted octanol–water partition coefficient (Wildman–Crippen LogP) is 2.63. The predicted molar refractivity (Wildman–Crippen MR) is 96.0 cm³/mol. The van der Waals surface area contributed by atoms with Crippen molar-refractivity contribution in [3.05, 3.63) is 66.6 Å². The zero-order valence-electron chi connectivity index (χ0n) is 13.8. The standard InChI is InChI=1S/C19H19N5O/c1-2-4-16(5-3-1)17-6-8-18(9-7-17)24-19(20-21-22-24)10-11-23-12-14-25-15-13-23/h1-11H,12-15H2.